The first-order chi connectivity index (χ1) is 9.92. The summed E-state index contributed by atoms with van der Waals surface area (Å²) >= 11 is 0. The number of aryl methyl sites for hydroxylation is 2. The average Bonchev–Trinajstić information content (AvgIpc) is 2.46. The van der Waals surface area contributed by atoms with E-state index in [1.165, 1.54) is 0 Å². The zero-order valence-corrected chi connectivity index (χ0v) is 13.4. The van der Waals surface area contributed by atoms with E-state index in [2.05, 4.69) is 4.72 Å². The van der Waals surface area contributed by atoms with Gasteiger partial charge in [0.15, 0.2) is 0 Å². The predicted octanol–water partition coefficient (Wildman–Crippen LogP) is 3.73. The average molecular weight is 303 g/mol. The zero-order chi connectivity index (χ0) is 15.5. The first kappa shape index (κ1) is 15.7. The van der Waals surface area contributed by atoms with Gasteiger partial charge in [-0.1, -0.05) is 54.4 Å². The summed E-state index contributed by atoms with van der Waals surface area (Å²) in [6, 6.07) is 14.6. The molecule has 0 saturated carbocycles. The van der Waals surface area contributed by atoms with Crippen molar-refractivity contribution in [2.45, 2.75) is 38.1 Å². The lowest BCUT2D eigenvalue weighted by molar-refractivity contribution is 0.550. The Kier molecular flexibility index (Phi) is 4.80. The van der Waals surface area contributed by atoms with Crippen molar-refractivity contribution in [1.82, 2.24) is 4.72 Å². The Hall–Kier alpha value is -1.65. The molecule has 112 valence electrons. The molecule has 21 heavy (non-hydrogen) atoms. The molecule has 1 atom stereocenters. The molecule has 4 heteroatoms. The molecule has 0 aliphatic heterocycles. The Morgan fingerprint density at radius 2 is 1.38 bits per heavy atom. The highest BCUT2D eigenvalue weighted by molar-refractivity contribution is 7.89. The summed E-state index contributed by atoms with van der Waals surface area (Å²) in [5.74, 6) is 0. The quantitative estimate of drug-likeness (QED) is 0.914. The molecule has 2 aromatic carbocycles. The van der Waals surface area contributed by atoms with Crippen LogP contribution in [0.4, 0.5) is 0 Å². The van der Waals surface area contributed by atoms with Gasteiger partial charge < -0.3 is 0 Å². The Labute approximate surface area is 127 Å². The van der Waals surface area contributed by atoms with Gasteiger partial charge in [0.2, 0.25) is 10.0 Å². The Bertz CT molecular complexity index is 689. The molecule has 0 heterocycles. The summed E-state index contributed by atoms with van der Waals surface area (Å²) in [5.41, 5.74) is 3.19. The smallest absolute Gasteiger partial charge is 0.207 e. The summed E-state index contributed by atoms with van der Waals surface area (Å²) in [5, 5.41) is 0. The summed E-state index contributed by atoms with van der Waals surface area (Å²) < 4.78 is 27.7. The molecule has 0 fully saturated rings. The molecule has 2 rings (SSSR count). The van der Waals surface area contributed by atoms with Gasteiger partial charge in [-0.2, -0.15) is 0 Å². The standard InChI is InChI=1S/C17H21NO2S/c1-4-17(15-9-5-13(2)6-10-15)18-21(19,20)16-11-7-14(3)8-12-16/h5-12,17-18H,4H2,1-3H3/t17-/m0/s1. The molecule has 2 aromatic rings. The number of rotatable bonds is 5. The number of sulfonamides is 1. The fourth-order valence-electron chi connectivity index (χ4n) is 2.16. The summed E-state index contributed by atoms with van der Waals surface area (Å²) in [6.45, 7) is 5.92. The van der Waals surface area contributed by atoms with E-state index in [1.807, 2.05) is 45.0 Å². The first-order valence-corrected chi connectivity index (χ1v) is 8.56. The van der Waals surface area contributed by atoms with Gasteiger partial charge in [-0.3, -0.25) is 0 Å². The summed E-state index contributed by atoms with van der Waals surface area (Å²) in [6.07, 6.45) is 0.703. The Morgan fingerprint density at radius 3 is 1.86 bits per heavy atom. The van der Waals surface area contributed by atoms with Crippen molar-refractivity contribution < 1.29 is 8.42 Å². The van der Waals surface area contributed by atoms with Gasteiger partial charge in [0.1, 0.15) is 0 Å². The van der Waals surface area contributed by atoms with Crippen molar-refractivity contribution in [3.05, 3.63) is 65.2 Å². The second kappa shape index (κ2) is 6.41. The van der Waals surface area contributed by atoms with Crippen LogP contribution in [0.1, 0.15) is 36.1 Å². The minimum Gasteiger partial charge on any atom is -0.207 e. The normalized spacial score (nSPS) is 13.1. The van der Waals surface area contributed by atoms with Crippen molar-refractivity contribution in [2.75, 3.05) is 0 Å². The van der Waals surface area contributed by atoms with Crippen molar-refractivity contribution in [3.8, 4) is 0 Å². The molecule has 0 aliphatic rings. The van der Waals surface area contributed by atoms with Gasteiger partial charge in [0.05, 0.1) is 4.90 Å². The van der Waals surface area contributed by atoms with Crippen LogP contribution in [0.3, 0.4) is 0 Å². The number of hydrogen-bond acceptors (Lipinski definition) is 2. The Morgan fingerprint density at radius 1 is 0.905 bits per heavy atom. The fraction of sp³-hybridized carbons (Fsp3) is 0.294. The van der Waals surface area contributed by atoms with E-state index < -0.39 is 10.0 Å². The van der Waals surface area contributed by atoms with Crippen LogP contribution in [0.15, 0.2) is 53.4 Å². The van der Waals surface area contributed by atoms with E-state index in [9.17, 15) is 8.42 Å². The lowest BCUT2D eigenvalue weighted by Crippen LogP contribution is -2.28. The maximum Gasteiger partial charge on any atom is 0.241 e. The topological polar surface area (TPSA) is 46.2 Å². The summed E-state index contributed by atoms with van der Waals surface area (Å²) in [7, 11) is -3.50. The summed E-state index contributed by atoms with van der Waals surface area (Å²) in [4.78, 5) is 0.304. The largest absolute Gasteiger partial charge is 0.241 e. The predicted molar refractivity (Wildman–Crippen MR) is 85.7 cm³/mol. The van der Waals surface area contributed by atoms with Gasteiger partial charge in [0, 0.05) is 6.04 Å². The molecule has 3 nitrogen and oxygen atoms in total. The number of hydrogen-bond donors (Lipinski definition) is 1. The van der Waals surface area contributed by atoms with Crippen molar-refractivity contribution in [1.29, 1.82) is 0 Å². The van der Waals surface area contributed by atoms with E-state index in [-0.39, 0.29) is 6.04 Å². The lowest BCUT2D eigenvalue weighted by atomic mass is 10.0. The highest BCUT2D eigenvalue weighted by Gasteiger charge is 2.19. The maximum atomic E-state index is 12.4. The van der Waals surface area contributed by atoms with E-state index in [4.69, 9.17) is 0 Å². The highest BCUT2D eigenvalue weighted by Crippen LogP contribution is 2.20. The van der Waals surface area contributed by atoms with Crippen LogP contribution >= 0.6 is 0 Å². The first-order valence-electron chi connectivity index (χ1n) is 7.08. The molecule has 0 aromatic heterocycles. The zero-order valence-electron chi connectivity index (χ0n) is 12.6. The van der Waals surface area contributed by atoms with Gasteiger partial charge in [-0.05, 0) is 38.0 Å². The molecule has 1 N–H and O–H groups in total. The Balaban J connectivity index is 2.24. The van der Waals surface area contributed by atoms with Crippen LogP contribution < -0.4 is 4.72 Å². The second-order valence-electron chi connectivity index (χ2n) is 5.31. The maximum absolute atomic E-state index is 12.4. The van der Waals surface area contributed by atoms with Crippen LogP contribution in [0, 0.1) is 13.8 Å². The van der Waals surface area contributed by atoms with Crippen LogP contribution in [0.25, 0.3) is 0 Å². The highest BCUT2D eigenvalue weighted by atomic mass is 32.2. The van der Waals surface area contributed by atoms with Crippen molar-refractivity contribution in [2.24, 2.45) is 0 Å². The monoisotopic (exact) mass is 303 g/mol. The third-order valence-corrected chi connectivity index (χ3v) is 5.00. The molecule has 0 unspecified atom stereocenters. The van der Waals surface area contributed by atoms with Crippen LogP contribution in [-0.2, 0) is 10.0 Å². The third-order valence-electron chi connectivity index (χ3n) is 3.52. The number of nitrogens with one attached hydrogen (secondary N) is 1. The third kappa shape index (κ3) is 3.93. The lowest BCUT2D eigenvalue weighted by Gasteiger charge is -2.18. The van der Waals surface area contributed by atoms with Gasteiger partial charge in [0.25, 0.3) is 0 Å². The van der Waals surface area contributed by atoms with Gasteiger partial charge in [-0.15, -0.1) is 0 Å². The van der Waals surface area contributed by atoms with Crippen LogP contribution in [0.5, 0.6) is 0 Å². The van der Waals surface area contributed by atoms with Gasteiger partial charge >= 0.3 is 0 Å². The molecule has 0 spiro atoms. The second-order valence-corrected chi connectivity index (χ2v) is 7.02. The fourth-order valence-corrected chi connectivity index (χ4v) is 3.47. The molecular formula is C17H21NO2S. The van der Waals surface area contributed by atoms with Crippen LogP contribution in [0.2, 0.25) is 0 Å². The van der Waals surface area contributed by atoms with Gasteiger partial charge in [-0.25, -0.2) is 13.1 Å². The molecule has 0 bridgehead atoms. The van der Waals surface area contributed by atoms with Crippen molar-refractivity contribution in [3.63, 3.8) is 0 Å². The molecule has 0 aliphatic carbocycles. The minimum atomic E-state index is -3.50. The number of benzene rings is 2. The SMILES string of the molecule is CC[C@H](NS(=O)(=O)c1ccc(C)cc1)c1ccc(C)cc1. The molecule has 0 saturated heterocycles. The van der Waals surface area contributed by atoms with Crippen LogP contribution in [-0.4, -0.2) is 8.42 Å². The minimum absolute atomic E-state index is 0.211. The van der Waals surface area contributed by atoms with E-state index in [0.29, 0.717) is 11.3 Å². The molecular weight excluding hydrogens is 282 g/mol. The van der Waals surface area contributed by atoms with E-state index >= 15 is 0 Å². The molecule has 0 radical (unpaired) electrons. The van der Waals surface area contributed by atoms with Crippen molar-refractivity contribution >= 4 is 10.0 Å². The molecule has 0 amide bonds. The van der Waals surface area contributed by atoms with E-state index in [0.717, 1.165) is 16.7 Å². The van der Waals surface area contributed by atoms with E-state index in [1.54, 1.807) is 24.3 Å².